The first-order valence-electron chi connectivity index (χ1n) is 15.7. The maximum atomic E-state index is 14.3. The van der Waals surface area contributed by atoms with Crippen LogP contribution >= 0.6 is 0 Å². The predicted molar refractivity (Wildman–Crippen MR) is 175 cm³/mol. The minimum atomic E-state index is -0.817. The fraction of sp³-hybridized carbons (Fsp3) is 0.308. The molecule has 5 rings (SSSR count). The first-order chi connectivity index (χ1) is 22.0. The SMILES string of the molecule is COC(=O)C[C@]1(CCCc2ccccc2)C[C@@H](COc2ccc(-c3ccc(C#N)cc3)cc2)N(CCCc2ccccc2)C1=O. The van der Waals surface area contributed by atoms with Gasteiger partial charge in [-0.3, -0.25) is 9.59 Å². The zero-order valence-corrected chi connectivity index (χ0v) is 25.9. The Labute approximate surface area is 266 Å². The summed E-state index contributed by atoms with van der Waals surface area (Å²) in [7, 11) is 1.39. The fourth-order valence-electron chi connectivity index (χ4n) is 6.39. The van der Waals surface area contributed by atoms with Crippen molar-refractivity contribution in [1.29, 1.82) is 5.26 Å². The van der Waals surface area contributed by atoms with E-state index >= 15 is 0 Å². The Morgan fingerprint density at radius 2 is 1.42 bits per heavy atom. The lowest BCUT2D eigenvalue weighted by Gasteiger charge is -2.27. The zero-order chi connectivity index (χ0) is 31.5. The molecule has 230 valence electrons. The van der Waals surface area contributed by atoms with Crippen molar-refractivity contribution in [2.24, 2.45) is 5.41 Å². The predicted octanol–water partition coefficient (Wildman–Crippen LogP) is 7.41. The molecule has 0 spiro atoms. The Hall–Kier alpha value is -4.89. The van der Waals surface area contributed by atoms with Crippen LogP contribution in [0.1, 0.15) is 48.8 Å². The van der Waals surface area contributed by atoms with E-state index < -0.39 is 5.41 Å². The maximum Gasteiger partial charge on any atom is 0.306 e. The number of hydrogen-bond acceptors (Lipinski definition) is 5. The summed E-state index contributed by atoms with van der Waals surface area (Å²) in [5.74, 6) is 0.393. The molecule has 1 heterocycles. The number of nitrogens with zero attached hydrogens (tertiary/aromatic N) is 2. The number of methoxy groups -OCH3 is 1. The lowest BCUT2D eigenvalue weighted by atomic mass is 9.76. The molecule has 6 heteroatoms. The van der Waals surface area contributed by atoms with Crippen LogP contribution in [-0.4, -0.2) is 43.1 Å². The van der Waals surface area contributed by atoms with Gasteiger partial charge in [0.1, 0.15) is 12.4 Å². The number of carbonyl (C=O) groups is 2. The number of carbonyl (C=O) groups excluding carboxylic acids is 2. The summed E-state index contributed by atoms with van der Waals surface area (Å²) >= 11 is 0. The average Bonchev–Trinajstić information content (AvgIpc) is 3.34. The average molecular weight is 601 g/mol. The molecule has 0 N–H and O–H groups in total. The van der Waals surface area contributed by atoms with Crippen molar-refractivity contribution in [1.82, 2.24) is 4.90 Å². The molecule has 1 aliphatic heterocycles. The third-order valence-electron chi connectivity index (χ3n) is 8.81. The number of aryl methyl sites for hydroxylation is 2. The van der Waals surface area contributed by atoms with Crippen molar-refractivity contribution < 1.29 is 19.1 Å². The van der Waals surface area contributed by atoms with Gasteiger partial charge in [-0.1, -0.05) is 84.9 Å². The molecular formula is C39H40N2O4. The molecule has 0 saturated carbocycles. The van der Waals surface area contributed by atoms with Crippen molar-refractivity contribution in [2.75, 3.05) is 20.3 Å². The number of esters is 1. The van der Waals surface area contributed by atoms with E-state index in [0.29, 0.717) is 31.6 Å². The van der Waals surface area contributed by atoms with Gasteiger partial charge in [0.15, 0.2) is 0 Å². The van der Waals surface area contributed by atoms with Gasteiger partial charge in [-0.2, -0.15) is 5.26 Å². The highest BCUT2D eigenvalue weighted by Gasteiger charge is 2.52. The highest BCUT2D eigenvalue weighted by atomic mass is 16.5. The molecule has 2 atom stereocenters. The third kappa shape index (κ3) is 8.19. The van der Waals surface area contributed by atoms with Crippen molar-refractivity contribution in [3.63, 3.8) is 0 Å². The van der Waals surface area contributed by atoms with Gasteiger partial charge in [-0.05, 0) is 85.0 Å². The number of benzene rings is 4. The molecule has 4 aromatic rings. The first-order valence-corrected chi connectivity index (χ1v) is 15.7. The number of hydrogen-bond donors (Lipinski definition) is 0. The largest absolute Gasteiger partial charge is 0.491 e. The molecule has 45 heavy (non-hydrogen) atoms. The second-order valence-corrected chi connectivity index (χ2v) is 11.8. The number of likely N-dealkylation sites (tertiary alicyclic amines) is 1. The quantitative estimate of drug-likeness (QED) is 0.141. The topological polar surface area (TPSA) is 79.6 Å². The smallest absolute Gasteiger partial charge is 0.306 e. The fourth-order valence-corrected chi connectivity index (χ4v) is 6.39. The molecule has 6 nitrogen and oxygen atoms in total. The van der Waals surface area contributed by atoms with Crippen LogP contribution < -0.4 is 4.74 Å². The Bertz CT molecular complexity index is 1580. The van der Waals surface area contributed by atoms with Crippen molar-refractivity contribution in [3.8, 4) is 22.9 Å². The van der Waals surface area contributed by atoms with Gasteiger partial charge < -0.3 is 14.4 Å². The Morgan fingerprint density at radius 1 is 0.844 bits per heavy atom. The van der Waals surface area contributed by atoms with Crippen molar-refractivity contribution in [3.05, 3.63) is 126 Å². The minimum Gasteiger partial charge on any atom is -0.491 e. The zero-order valence-electron chi connectivity index (χ0n) is 25.9. The van der Waals surface area contributed by atoms with Crippen LogP contribution in [0.15, 0.2) is 109 Å². The molecule has 0 radical (unpaired) electrons. The molecule has 1 fully saturated rings. The number of nitriles is 1. The molecule has 1 amide bonds. The first kappa shape index (κ1) is 31.5. The molecule has 1 saturated heterocycles. The summed E-state index contributed by atoms with van der Waals surface area (Å²) in [6, 6.07) is 37.9. The van der Waals surface area contributed by atoms with Gasteiger partial charge in [-0.25, -0.2) is 0 Å². The molecule has 0 unspecified atom stereocenters. The van der Waals surface area contributed by atoms with Crippen LogP contribution in [-0.2, 0) is 27.2 Å². The van der Waals surface area contributed by atoms with Crippen LogP contribution in [0.25, 0.3) is 11.1 Å². The number of ether oxygens (including phenoxy) is 2. The third-order valence-corrected chi connectivity index (χ3v) is 8.81. The molecular weight excluding hydrogens is 560 g/mol. The van der Waals surface area contributed by atoms with E-state index in [0.717, 1.165) is 42.6 Å². The van der Waals surface area contributed by atoms with Gasteiger partial charge in [0.25, 0.3) is 0 Å². The van der Waals surface area contributed by atoms with Gasteiger partial charge >= 0.3 is 5.97 Å². The van der Waals surface area contributed by atoms with Gasteiger partial charge in [0.05, 0.1) is 36.6 Å². The summed E-state index contributed by atoms with van der Waals surface area (Å²) in [5, 5.41) is 9.08. The second kappa shape index (κ2) is 15.2. The summed E-state index contributed by atoms with van der Waals surface area (Å²) in [6.45, 7) is 0.940. The van der Waals surface area contributed by atoms with Crippen molar-refractivity contribution >= 4 is 11.9 Å². The van der Waals surface area contributed by atoms with Crippen LogP contribution in [0, 0.1) is 16.7 Å². The van der Waals surface area contributed by atoms with E-state index in [1.54, 1.807) is 0 Å². The summed E-state index contributed by atoms with van der Waals surface area (Å²) < 4.78 is 11.4. The van der Waals surface area contributed by atoms with Crippen LogP contribution in [0.5, 0.6) is 5.75 Å². The second-order valence-electron chi connectivity index (χ2n) is 11.8. The Morgan fingerprint density at radius 3 is 2.00 bits per heavy atom. The normalized spacial score (nSPS) is 17.6. The van der Waals surface area contributed by atoms with E-state index in [2.05, 4.69) is 30.3 Å². The molecule has 0 bridgehead atoms. The molecule has 4 aromatic carbocycles. The standard InChI is InChI=1S/C39H40N2O4/c1-44-37(42)27-39(24-8-14-30-10-4-2-5-11-30)26-35(41(38(39)43)25-9-15-31-12-6-3-7-13-31)29-45-36-22-20-34(21-23-36)33-18-16-32(28-40)17-19-33/h2-7,10-13,16-23,35H,8-9,14-15,24-27,29H2,1H3/t35-,39-/m0/s1. The molecule has 1 aliphatic rings. The van der Waals surface area contributed by atoms with Crippen molar-refractivity contribution in [2.45, 2.75) is 51.0 Å². The van der Waals surface area contributed by atoms with E-state index in [-0.39, 0.29) is 24.3 Å². The van der Waals surface area contributed by atoms with E-state index in [4.69, 9.17) is 14.7 Å². The van der Waals surface area contributed by atoms with Gasteiger partial charge in [0, 0.05) is 6.54 Å². The van der Waals surface area contributed by atoms with E-state index in [9.17, 15) is 9.59 Å². The highest BCUT2D eigenvalue weighted by Crippen LogP contribution is 2.44. The Kier molecular flexibility index (Phi) is 10.7. The summed E-state index contributed by atoms with van der Waals surface area (Å²) in [6.07, 6.45) is 4.57. The lowest BCUT2D eigenvalue weighted by molar-refractivity contribution is -0.149. The van der Waals surface area contributed by atoms with Crippen LogP contribution in [0.4, 0.5) is 0 Å². The van der Waals surface area contributed by atoms with E-state index in [1.807, 2.05) is 89.8 Å². The van der Waals surface area contributed by atoms with E-state index in [1.165, 1.54) is 18.2 Å². The monoisotopic (exact) mass is 600 g/mol. The van der Waals surface area contributed by atoms with Crippen LogP contribution in [0.3, 0.4) is 0 Å². The van der Waals surface area contributed by atoms with Gasteiger partial charge in [-0.15, -0.1) is 0 Å². The lowest BCUT2D eigenvalue weighted by Crippen LogP contribution is -2.40. The van der Waals surface area contributed by atoms with Crippen LogP contribution in [0.2, 0.25) is 0 Å². The molecule has 0 aromatic heterocycles. The molecule has 0 aliphatic carbocycles. The summed E-state index contributed by atoms with van der Waals surface area (Å²) in [4.78, 5) is 28.9. The number of rotatable bonds is 14. The van der Waals surface area contributed by atoms with Gasteiger partial charge in [0.2, 0.25) is 5.91 Å². The summed E-state index contributed by atoms with van der Waals surface area (Å²) in [5.41, 5.74) is 4.32. The maximum absolute atomic E-state index is 14.3. The minimum absolute atomic E-state index is 0.0267. The Balaban J connectivity index is 1.31. The number of amides is 1. The highest BCUT2D eigenvalue weighted by molar-refractivity contribution is 5.89.